The number of hydrogen-bond donors (Lipinski definition) is 1. The van der Waals surface area contributed by atoms with Gasteiger partial charge in [0.25, 0.3) is 0 Å². The highest BCUT2D eigenvalue weighted by atomic mass is 19.4. The van der Waals surface area contributed by atoms with Gasteiger partial charge >= 0.3 is 6.18 Å². The molecule has 0 aromatic heterocycles. The Morgan fingerprint density at radius 1 is 1.42 bits per heavy atom. The van der Waals surface area contributed by atoms with Crippen molar-refractivity contribution in [1.29, 1.82) is 5.26 Å². The summed E-state index contributed by atoms with van der Waals surface area (Å²) in [6.45, 7) is 0.537. The molecule has 1 saturated heterocycles. The highest BCUT2D eigenvalue weighted by molar-refractivity contribution is 5.56. The van der Waals surface area contributed by atoms with Crippen LogP contribution in [0.25, 0.3) is 0 Å². The third kappa shape index (κ3) is 2.66. The first-order valence-corrected chi connectivity index (χ1v) is 5.96. The summed E-state index contributed by atoms with van der Waals surface area (Å²) in [5.41, 5.74) is -0.894. The lowest BCUT2D eigenvalue weighted by molar-refractivity contribution is -0.137. The van der Waals surface area contributed by atoms with Crippen molar-refractivity contribution in [2.75, 3.05) is 18.1 Å². The van der Waals surface area contributed by atoms with Crippen LogP contribution < -0.4 is 4.90 Å². The van der Waals surface area contributed by atoms with Crippen LogP contribution in [0, 0.1) is 11.3 Å². The number of aliphatic hydroxyl groups excluding tert-OH is 1. The number of nitriles is 1. The molecule has 1 heterocycles. The first kappa shape index (κ1) is 13.7. The molecule has 1 aromatic carbocycles. The lowest BCUT2D eigenvalue weighted by atomic mass is 10.1. The van der Waals surface area contributed by atoms with Gasteiger partial charge < -0.3 is 10.0 Å². The molecular weight excluding hydrogens is 257 g/mol. The fourth-order valence-electron chi connectivity index (χ4n) is 2.41. The quantitative estimate of drug-likeness (QED) is 0.898. The third-order valence-corrected chi connectivity index (χ3v) is 3.35. The van der Waals surface area contributed by atoms with Crippen molar-refractivity contribution in [3.8, 4) is 6.07 Å². The van der Waals surface area contributed by atoms with E-state index < -0.39 is 11.7 Å². The maximum Gasteiger partial charge on any atom is 0.417 e. The zero-order chi connectivity index (χ0) is 14.0. The Labute approximate surface area is 108 Å². The second-order valence-corrected chi connectivity index (χ2v) is 4.51. The maximum atomic E-state index is 12.9. The van der Waals surface area contributed by atoms with Crippen LogP contribution >= 0.6 is 0 Å². The standard InChI is InChI=1S/C13H13F3N2O/c14-13(15,16)12-6-10(4-3-9(12)7-17)18-5-1-2-11(18)8-19/h3-4,6,11,19H,1-2,5,8H2/t11-/m1/s1. The summed E-state index contributed by atoms with van der Waals surface area (Å²) < 4.78 is 38.6. The normalized spacial score (nSPS) is 19.5. The van der Waals surface area contributed by atoms with Gasteiger partial charge in [0.1, 0.15) is 0 Å². The molecule has 1 N–H and O–H groups in total. The number of rotatable bonds is 2. The number of aliphatic hydroxyl groups is 1. The third-order valence-electron chi connectivity index (χ3n) is 3.35. The number of hydrogen-bond acceptors (Lipinski definition) is 3. The van der Waals surface area contributed by atoms with Crippen LogP contribution in [-0.2, 0) is 6.18 Å². The van der Waals surface area contributed by atoms with Gasteiger partial charge in [0, 0.05) is 12.2 Å². The molecule has 1 aliphatic heterocycles. The smallest absolute Gasteiger partial charge is 0.394 e. The second kappa shape index (κ2) is 5.10. The average Bonchev–Trinajstić information content (AvgIpc) is 2.85. The predicted molar refractivity (Wildman–Crippen MR) is 63.6 cm³/mol. The monoisotopic (exact) mass is 270 g/mol. The van der Waals surface area contributed by atoms with E-state index >= 15 is 0 Å². The molecule has 102 valence electrons. The molecule has 0 radical (unpaired) electrons. The van der Waals surface area contributed by atoms with Gasteiger partial charge in [0.2, 0.25) is 0 Å². The van der Waals surface area contributed by atoms with Crippen molar-refractivity contribution in [2.45, 2.75) is 25.1 Å². The van der Waals surface area contributed by atoms with Crippen LogP contribution in [0.4, 0.5) is 18.9 Å². The summed E-state index contributed by atoms with van der Waals surface area (Å²) in [5.74, 6) is 0. The van der Waals surface area contributed by atoms with E-state index in [1.54, 1.807) is 11.0 Å². The van der Waals surface area contributed by atoms with E-state index in [-0.39, 0.29) is 18.2 Å². The minimum atomic E-state index is -4.55. The minimum Gasteiger partial charge on any atom is -0.394 e. The molecule has 1 aromatic rings. The van der Waals surface area contributed by atoms with Gasteiger partial charge in [-0.3, -0.25) is 0 Å². The fourth-order valence-corrected chi connectivity index (χ4v) is 2.41. The number of benzene rings is 1. The molecule has 0 saturated carbocycles. The molecule has 0 spiro atoms. The van der Waals surface area contributed by atoms with Crippen LogP contribution in [-0.4, -0.2) is 24.3 Å². The van der Waals surface area contributed by atoms with Gasteiger partial charge in [-0.05, 0) is 31.0 Å². The Morgan fingerprint density at radius 2 is 2.16 bits per heavy atom. The van der Waals surface area contributed by atoms with E-state index in [1.807, 2.05) is 0 Å². The Balaban J connectivity index is 2.41. The molecule has 0 unspecified atom stereocenters. The van der Waals surface area contributed by atoms with Gasteiger partial charge in [-0.15, -0.1) is 0 Å². The Morgan fingerprint density at radius 3 is 2.74 bits per heavy atom. The summed E-state index contributed by atoms with van der Waals surface area (Å²) in [7, 11) is 0. The summed E-state index contributed by atoms with van der Waals surface area (Å²) in [5, 5.41) is 17.9. The van der Waals surface area contributed by atoms with Gasteiger partial charge in [0.05, 0.1) is 29.8 Å². The topological polar surface area (TPSA) is 47.3 Å². The van der Waals surface area contributed by atoms with Crippen LogP contribution in [0.3, 0.4) is 0 Å². The van der Waals surface area contributed by atoms with Gasteiger partial charge in [-0.25, -0.2) is 0 Å². The van der Waals surface area contributed by atoms with Gasteiger partial charge in [-0.1, -0.05) is 0 Å². The van der Waals surface area contributed by atoms with Crippen LogP contribution in [0.5, 0.6) is 0 Å². The number of alkyl halides is 3. The van der Waals surface area contributed by atoms with Crippen LogP contribution in [0.1, 0.15) is 24.0 Å². The van der Waals surface area contributed by atoms with Crippen LogP contribution in [0.15, 0.2) is 18.2 Å². The average molecular weight is 270 g/mol. The summed E-state index contributed by atoms with van der Waals surface area (Å²) in [4.78, 5) is 1.76. The van der Waals surface area contributed by atoms with Gasteiger partial charge in [-0.2, -0.15) is 18.4 Å². The van der Waals surface area contributed by atoms with E-state index in [9.17, 15) is 18.3 Å². The molecule has 2 rings (SSSR count). The fraction of sp³-hybridized carbons (Fsp3) is 0.462. The van der Waals surface area contributed by atoms with Crippen molar-refractivity contribution in [1.82, 2.24) is 0 Å². The second-order valence-electron chi connectivity index (χ2n) is 4.51. The van der Waals surface area contributed by atoms with E-state index in [2.05, 4.69) is 0 Å². The highest BCUT2D eigenvalue weighted by Gasteiger charge is 2.35. The van der Waals surface area contributed by atoms with Crippen molar-refractivity contribution < 1.29 is 18.3 Å². The van der Waals surface area contributed by atoms with Crippen molar-refractivity contribution in [2.24, 2.45) is 0 Å². The van der Waals surface area contributed by atoms with E-state index in [4.69, 9.17) is 5.26 Å². The maximum absolute atomic E-state index is 12.9. The molecule has 0 bridgehead atoms. The minimum absolute atomic E-state index is 0.0820. The van der Waals surface area contributed by atoms with E-state index in [1.165, 1.54) is 12.1 Å². The predicted octanol–water partition coefficient (Wildman–Crippen LogP) is 2.54. The first-order chi connectivity index (χ1) is 8.97. The van der Waals surface area contributed by atoms with Crippen molar-refractivity contribution in [3.63, 3.8) is 0 Å². The zero-order valence-corrected chi connectivity index (χ0v) is 10.1. The first-order valence-electron chi connectivity index (χ1n) is 5.96. The molecule has 1 atom stereocenters. The molecular formula is C13H13F3N2O. The summed E-state index contributed by atoms with van der Waals surface area (Å²) in [6.07, 6.45) is -2.94. The van der Waals surface area contributed by atoms with E-state index in [0.29, 0.717) is 12.2 Å². The summed E-state index contributed by atoms with van der Waals surface area (Å²) in [6, 6.07) is 5.09. The molecule has 0 aliphatic carbocycles. The molecule has 6 heteroatoms. The Hall–Kier alpha value is -1.74. The lowest BCUT2D eigenvalue weighted by Crippen LogP contribution is -2.32. The SMILES string of the molecule is N#Cc1ccc(N2CCC[C@@H]2CO)cc1C(F)(F)F. The molecule has 0 amide bonds. The lowest BCUT2D eigenvalue weighted by Gasteiger charge is -2.26. The number of halogens is 3. The number of nitrogens with zero attached hydrogens (tertiary/aromatic N) is 2. The highest BCUT2D eigenvalue weighted by Crippen LogP contribution is 2.35. The van der Waals surface area contributed by atoms with Gasteiger partial charge in [0.15, 0.2) is 0 Å². The zero-order valence-electron chi connectivity index (χ0n) is 10.1. The van der Waals surface area contributed by atoms with Crippen molar-refractivity contribution >= 4 is 5.69 Å². The van der Waals surface area contributed by atoms with Crippen molar-refractivity contribution in [3.05, 3.63) is 29.3 Å². The molecule has 1 aliphatic rings. The van der Waals surface area contributed by atoms with E-state index in [0.717, 1.165) is 18.9 Å². The molecule has 3 nitrogen and oxygen atoms in total. The Kier molecular flexibility index (Phi) is 3.67. The van der Waals surface area contributed by atoms with Crippen LogP contribution in [0.2, 0.25) is 0 Å². The summed E-state index contributed by atoms with van der Waals surface area (Å²) >= 11 is 0. The molecule has 19 heavy (non-hydrogen) atoms. The Bertz CT molecular complexity index is 508. The largest absolute Gasteiger partial charge is 0.417 e. The number of anilines is 1. The molecule has 1 fully saturated rings.